The van der Waals surface area contributed by atoms with Gasteiger partial charge in [0.05, 0.1) is 10.6 Å². The Hall–Kier alpha value is -1.29. The van der Waals surface area contributed by atoms with Crippen LogP contribution < -0.4 is 10.6 Å². The Labute approximate surface area is 120 Å². The van der Waals surface area contributed by atoms with Crippen molar-refractivity contribution in [1.29, 1.82) is 0 Å². The highest BCUT2D eigenvalue weighted by Crippen LogP contribution is 2.20. The molecule has 5 heteroatoms. The molecule has 0 radical (unpaired) electrons. The van der Waals surface area contributed by atoms with Crippen LogP contribution in [-0.4, -0.2) is 23.0 Å². The predicted octanol–water partition coefficient (Wildman–Crippen LogP) is 3.48. The number of hydrogen-bond donors (Lipinski definition) is 2. The predicted molar refractivity (Wildman–Crippen MR) is 79.9 cm³/mol. The van der Waals surface area contributed by atoms with Crippen LogP contribution >= 0.6 is 11.6 Å². The molecule has 1 heterocycles. The third kappa shape index (κ3) is 4.71. The molecule has 1 amide bonds. The molecular weight excluding hydrogens is 262 g/mol. The summed E-state index contributed by atoms with van der Waals surface area (Å²) in [6.45, 7) is 8.83. The largest absolute Gasteiger partial charge is 0.370 e. The van der Waals surface area contributed by atoms with E-state index in [1.807, 2.05) is 20.8 Å². The summed E-state index contributed by atoms with van der Waals surface area (Å²) in [5.41, 5.74) is 0.216. The lowest BCUT2D eigenvalue weighted by molar-refractivity contribution is 0.0909. The maximum atomic E-state index is 12.3. The van der Waals surface area contributed by atoms with Gasteiger partial charge < -0.3 is 10.6 Å². The van der Waals surface area contributed by atoms with Gasteiger partial charge in [0.2, 0.25) is 0 Å². The molecule has 0 unspecified atom stereocenters. The van der Waals surface area contributed by atoms with Gasteiger partial charge in [0.15, 0.2) is 0 Å². The summed E-state index contributed by atoms with van der Waals surface area (Å²) in [4.78, 5) is 16.4. The van der Waals surface area contributed by atoms with Gasteiger partial charge in [-0.05, 0) is 33.3 Å². The molecule has 0 atom stereocenters. The SMILES string of the molecule is CCCC(C)(C)NC(=O)c1cc(NCC)ncc1Cl. The van der Waals surface area contributed by atoms with E-state index >= 15 is 0 Å². The summed E-state index contributed by atoms with van der Waals surface area (Å²) < 4.78 is 0. The molecule has 0 spiro atoms. The highest BCUT2D eigenvalue weighted by Gasteiger charge is 2.21. The molecule has 1 aromatic heterocycles. The molecule has 0 fully saturated rings. The van der Waals surface area contributed by atoms with Crippen molar-refractivity contribution in [3.05, 3.63) is 22.8 Å². The van der Waals surface area contributed by atoms with Crippen LogP contribution in [0.15, 0.2) is 12.3 Å². The van der Waals surface area contributed by atoms with E-state index in [1.165, 1.54) is 6.20 Å². The molecule has 0 aliphatic rings. The Kier molecular flexibility index (Phi) is 5.60. The summed E-state index contributed by atoms with van der Waals surface area (Å²) in [7, 11) is 0. The van der Waals surface area contributed by atoms with Crippen molar-refractivity contribution >= 4 is 23.3 Å². The van der Waals surface area contributed by atoms with Gasteiger partial charge in [0.25, 0.3) is 5.91 Å². The Balaban J connectivity index is 2.89. The third-order valence-corrected chi connectivity index (χ3v) is 3.09. The number of halogens is 1. The van der Waals surface area contributed by atoms with Crippen molar-refractivity contribution in [3.63, 3.8) is 0 Å². The summed E-state index contributed by atoms with van der Waals surface area (Å²) in [5.74, 6) is 0.496. The Morgan fingerprint density at radius 1 is 1.42 bits per heavy atom. The minimum Gasteiger partial charge on any atom is -0.370 e. The summed E-state index contributed by atoms with van der Waals surface area (Å²) in [6, 6.07) is 1.68. The number of rotatable bonds is 6. The summed E-state index contributed by atoms with van der Waals surface area (Å²) in [6.07, 6.45) is 3.43. The van der Waals surface area contributed by atoms with E-state index in [-0.39, 0.29) is 11.4 Å². The quantitative estimate of drug-likeness (QED) is 0.840. The second-order valence-corrected chi connectivity index (χ2v) is 5.57. The van der Waals surface area contributed by atoms with Gasteiger partial charge in [-0.15, -0.1) is 0 Å². The van der Waals surface area contributed by atoms with E-state index in [0.717, 1.165) is 19.4 Å². The van der Waals surface area contributed by atoms with Crippen LogP contribution in [0.1, 0.15) is 50.9 Å². The van der Waals surface area contributed by atoms with Gasteiger partial charge in [0, 0.05) is 18.3 Å². The van der Waals surface area contributed by atoms with Crippen molar-refractivity contribution in [2.45, 2.75) is 46.1 Å². The molecule has 19 heavy (non-hydrogen) atoms. The monoisotopic (exact) mass is 283 g/mol. The molecule has 2 N–H and O–H groups in total. The third-order valence-electron chi connectivity index (χ3n) is 2.78. The average Bonchev–Trinajstić information content (AvgIpc) is 2.31. The van der Waals surface area contributed by atoms with Gasteiger partial charge in [-0.1, -0.05) is 24.9 Å². The number of nitrogens with zero attached hydrogens (tertiary/aromatic N) is 1. The highest BCUT2D eigenvalue weighted by molar-refractivity contribution is 6.33. The van der Waals surface area contributed by atoms with Crippen LogP contribution in [0.3, 0.4) is 0 Å². The van der Waals surface area contributed by atoms with Crippen LogP contribution in [0.5, 0.6) is 0 Å². The van der Waals surface area contributed by atoms with E-state index in [2.05, 4.69) is 22.5 Å². The topological polar surface area (TPSA) is 54.0 Å². The molecule has 1 rings (SSSR count). The van der Waals surface area contributed by atoms with Crippen molar-refractivity contribution in [2.75, 3.05) is 11.9 Å². The lowest BCUT2D eigenvalue weighted by Gasteiger charge is -2.26. The number of carbonyl (C=O) groups is 1. The van der Waals surface area contributed by atoms with E-state index in [0.29, 0.717) is 16.4 Å². The fraction of sp³-hybridized carbons (Fsp3) is 0.571. The zero-order valence-corrected chi connectivity index (χ0v) is 12.8. The zero-order valence-electron chi connectivity index (χ0n) is 12.0. The number of aromatic nitrogens is 1. The van der Waals surface area contributed by atoms with Gasteiger partial charge in [-0.3, -0.25) is 4.79 Å². The van der Waals surface area contributed by atoms with Gasteiger partial charge in [0.1, 0.15) is 5.82 Å². The Bertz CT molecular complexity index is 446. The molecule has 4 nitrogen and oxygen atoms in total. The normalized spacial score (nSPS) is 11.2. The Morgan fingerprint density at radius 2 is 2.11 bits per heavy atom. The van der Waals surface area contributed by atoms with E-state index in [1.54, 1.807) is 6.07 Å². The molecule has 0 saturated heterocycles. The van der Waals surface area contributed by atoms with Crippen molar-refractivity contribution < 1.29 is 4.79 Å². The molecule has 0 bridgehead atoms. The number of hydrogen-bond acceptors (Lipinski definition) is 3. The van der Waals surface area contributed by atoms with Crippen LogP contribution in [0.2, 0.25) is 5.02 Å². The number of amides is 1. The molecule has 0 aliphatic heterocycles. The lowest BCUT2D eigenvalue weighted by atomic mass is 9.98. The highest BCUT2D eigenvalue weighted by atomic mass is 35.5. The first-order valence-corrected chi connectivity index (χ1v) is 6.99. The number of carbonyl (C=O) groups excluding carboxylic acids is 1. The fourth-order valence-corrected chi connectivity index (χ4v) is 2.14. The second kappa shape index (κ2) is 6.75. The van der Waals surface area contributed by atoms with Crippen molar-refractivity contribution in [3.8, 4) is 0 Å². The first kappa shape index (κ1) is 15.8. The van der Waals surface area contributed by atoms with Crippen molar-refractivity contribution in [1.82, 2.24) is 10.3 Å². The first-order chi connectivity index (χ1) is 8.89. The fourth-order valence-electron chi connectivity index (χ4n) is 1.95. The number of anilines is 1. The van der Waals surface area contributed by atoms with Crippen LogP contribution in [-0.2, 0) is 0 Å². The molecule has 0 saturated carbocycles. The number of pyridine rings is 1. The smallest absolute Gasteiger partial charge is 0.253 e. The van der Waals surface area contributed by atoms with Gasteiger partial charge in [-0.25, -0.2) is 4.98 Å². The minimum absolute atomic E-state index is 0.162. The van der Waals surface area contributed by atoms with Gasteiger partial charge in [-0.2, -0.15) is 0 Å². The molecular formula is C14H22ClN3O. The lowest BCUT2D eigenvalue weighted by Crippen LogP contribution is -2.43. The van der Waals surface area contributed by atoms with Crippen LogP contribution in [0, 0.1) is 0 Å². The molecule has 1 aromatic rings. The summed E-state index contributed by atoms with van der Waals surface area (Å²) >= 11 is 6.05. The minimum atomic E-state index is -0.239. The molecule has 106 valence electrons. The van der Waals surface area contributed by atoms with E-state index < -0.39 is 0 Å². The maximum absolute atomic E-state index is 12.3. The zero-order chi connectivity index (χ0) is 14.5. The molecule has 0 aromatic carbocycles. The number of nitrogens with one attached hydrogen (secondary N) is 2. The maximum Gasteiger partial charge on any atom is 0.253 e. The van der Waals surface area contributed by atoms with Crippen molar-refractivity contribution in [2.24, 2.45) is 0 Å². The van der Waals surface area contributed by atoms with E-state index in [4.69, 9.17) is 11.6 Å². The van der Waals surface area contributed by atoms with Crippen LogP contribution in [0.25, 0.3) is 0 Å². The van der Waals surface area contributed by atoms with Crippen LogP contribution in [0.4, 0.5) is 5.82 Å². The van der Waals surface area contributed by atoms with E-state index in [9.17, 15) is 4.79 Å². The molecule has 0 aliphatic carbocycles. The summed E-state index contributed by atoms with van der Waals surface area (Å²) in [5, 5.41) is 6.44. The standard InChI is InChI=1S/C14H22ClN3O/c1-5-7-14(3,4)18-13(19)10-8-12(16-6-2)17-9-11(10)15/h8-9H,5-7H2,1-4H3,(H,16,17)(H,18,19). The second-order valence-electron chi connectivity index (χ2n) is 5.17. The Morgan fingerprint density at radius 3 is 2.68 bits per heavy atom. The first-order valence-electron chi connectivity index (χ1n) is 6.61. The van der Waals surface area contributed by atoms with Gasteiger partial charge >= 0.3 is 0 Å². The average molecular weight is 284 g/mol.